The smallest absolute Gasteiger partial charge is 0.306 e. The van der Waals surface area contributed by atoms with Crippen LogP contribution < -0.4 is 0 Å². The van der Waals surface area contributed by atoms with Gasteiger partial charge in [0.25, 0.3) is 0 Å². The van der Waals surface area contributed by atoms with Gasteiger partial charge in [0.1, 0.15) is 13.2 Å². The monoisotopic (exact) mass is 1130 g/mol. The van der Waals surface area contributed by atoms with Gasteiger partial charge < -0.3 is 14.2 Å². The number of carbonyl (C=O) groups is 3. The minimum Gasteiger partial charge on any atom is -0.462 e. The van der Waals surface area contributed by atoms with Gasteiger partial charge in [-0.05, 0) is 57.8 Å². The van der Waals surface area contributed by atoms with Crippen LogP contribution in [0.5, 0.6) is 0 Å². The zero-order valence-electron chi connectivity index (χ0n) is 54.1. The van der Waals surface area contributed by atoms with Gasteiger partial charge in [-0.25, -0.2) is 0 Å². The molecule has 0 bridgehead atoms. The van der Waals surface area contributed by atoms with Crippen LogP contribution in [0.2, 0.25) is 0 Å². The lowest BCUT2D eigenvalue weighted by atomic mass is 10.0. The van der Waals surface area contributed by atoms with Crippen LogP contribution in [-0.2, 0) is 28.6 Å². The maximum Gasteiger partial charge on any atom is 0.306 e. The van der Waals surface area contributed by atoms with E-state index in [-0.39, 0.29) is 37.5 Å². The fourth-order valence-electron chi connectivity index (χ4n) is 10.5. The molecule has 1 atom stereocenters. The lowest BCUT2D eigenvalue weighted by Gasteiger charge is -2.18. The number of esters is 3. The number of unbranched alkanes of at least 4 members (excludes halogenated alkanes) is 42. The second-order valence-electron chi connectivity index (χ2n) is 23.8. The van der Waals surface area contributed by atoms with Crippen LogP contribution in [0, 0.1) is 0 Å². The summed E-state index contributed by atoms with van der Waals surface area (Å²) in [6.07, 6.45) is 91.2. The van der Waals surface area contributed by atoms with Gasteiger partial charge in [0.15, 0.2) is 6.10 Å². The molecule has 0 saturated heterocycles. The maximum absolute atomic E-state index is 12.9. The van der Waals surface area contributed by atoms with Crippen molar-refractivity contribution in [2.24, 2.45) is 0 Å². The molecule has 1 unspecified atom stereocenters. The van der Waals surface area contributed by atoms with Gasteiger partial charge in [-0.2, -0.15) is 0 Å². The van der Waals surface area contributed by atoms with Gasteiger partial charge in [0.05, 0.1) is 0 Å². The van der Waals surface area contributed by atoms with E-state index in [1.165, 1.54) is 244 Å². The third-order valence-electron chi connectivity index (χ3n) is 15.7. The zero-order chi connectivity index (χ0) is 58.5. The van der Waals surface area contributed by atoms with Crippen LogP contribution in [0.25, 0.3) is 0 Å². The molecular weight excluding hydrogens is 997 g/mol. The highest BCUT2D eigenvalue weighted by Gasteiger charge is 2.19. The van der Waals surface area contributed by atoms with Crippen molar-refractivity contribution in [3.63, 3.8) is 0 Å². The van der Waals surface area contributed by atoms with E-state index in [0.717, 1.165) is 77.0 Å². The molecule has 0 heterocycles. The topological polar surface area (TPSA) is 78.9 Å². The summed E-state index contributed by atoms with van der Waals surface area (Å²) in [5, 5.41) is 0. The molecule has 81 heavy (non-hydrogen) atoms. The van der Waals surface area contributed by atoms with Gasteiger partial charge in [-0.15, -0.1) is 0 Å². The molecule has 0 radical (unpaired) electrons. The Hall–Kier alpha value is -3.15. The van der Waals surface area contributed by atoms with Crippen molar-refractivity contribution in [3.05, 3.63) is 72.9 Å². The van der Waals surface area contributed by atoms with Crippen molar-refractivity contribution in [3.8, 4) is 0 Å². The molecule has 0 aromatic heterocycles. The normalized spacial score (nSPS) is 12.5. The molecule has 6 nitrogen and oxygen atoms in total. The third kappa shape index (κ3) is 67.5. The van der Waals surface area contributed by atoms with E-state index in [4.69, 9.17) is 14.2 Å². The largest absolute Gasteiger partial charge is 0.462 e. The highest BCUT2D eigenvalue weighted by atomic mass is 16.6. The molecule has 0 fully saturated rings. The summed E-state index contributed by atoms with van der Waals surface area (Å²) in [4.78, 5) is 38.3. The van der Waals surface area contributed by atoms with Crippen molar-refractivity contribution < 1.29 is 28.6 Å². The lowest BCUT2D eigenvalue weighted by Crippen LogP contribution is -2.30. The summed E-state index contributed by atoms with van der Waals surface area (Å²) < 4.78 is 16.9. The summed E-state index contributed by atoms with van der Waals surface area (Å²) in [5.41, 5.74) is 0. The fraction of sp³-hybridized carbons (Fsp3) is 0.800. The summed E-state index contributed by atoms with van der Waals surface area (Å²) in [6, 6.07) is 0. The van der Waals surface area contributed by atoms with Crippen LogP contribution in [0.3, 0.4) is 0 Å². The van der Waals surface area contributed by atoms with Gasteiger partial charge in [0, 0.05) is 19.3 Å². The second-order valence-corrected chi connectivity index (χ2v) is 23.8. The van der Waals surface area contributed by atoms with Gasteiger partial charge in [-0.3, -0.25) is 14.4 Å². The van der Waals surface area contributed by atoms with E-state index < -0.39 is 6.10 Å². The van der Waals surface area contributed by atoms with Crippen molar-refractivity contribution >= 4 is 17.9 Å². The predicted octanol–water partition coefficient (Wildman–Crippen LogP) is 24.4. The molecule has 0 spiro atoms. The third-order valence-corrected chi connectivity index (χ3v) is 15.7. The Morgan fingerprint density at radius 2 is 0.481 bits per heavy atom. The number of allylic oxidation sites excluding steroid dienone is 12. The molecule has 0 aliphatic carbocycles. The zero-order valence-corrected chi connectivity index (χ0v) is 54.1. The molecule has 0 N–H and O–H groups in total. The van der Waals surface area contributed by atoms with Gasteiger partial charge >= 0.3 is 17.9 Å². The average Bonchev–Trinajstić information content (AvgIpc) is 3.47. The lowest BCUT2D eigenvalue weighted by molar-refractivity contribution is -0.166. The van der Waals surface area contributed by atoms with E-state index in [1.54, 1.807) is 0 Å². The van der Waals surface area contributed by atoms with Crippen molar-refractivity contribution in [2.45, 2.75) is 374 Å². The van der Waals surface area contributed by atoms with E-state index in [9.17, 15) is 14.4 Å². The minimum absolute atomic E-state index is 0.101. The Bertz CT molecular complexity index is 1490. The Morgan fingerprint density at radius 3 is 0.728 bits per heavy atom. The van der Waals surface area contributed by atoms with E-state index in [0.29, 0.717) is 19.3 Å². The van der Waals surface area contributed by atoms with Crippen LogP contribution in [0.4, 0.5) is 0 Å². The Morgan fingerprint density at radius 1 is 0.259 bits per heavy atom. The van der Waals surface area contributed by atoms with Crippen molar-refractivity contribution in [2.75, 3.05) is 13.2 Å². The molecule has 0 aliphatic rings. The summed E-state index contributed by atoms with van der Waals surface area (Å²) in [5.74, 6) is -0.969. The van der Waals surface area contributed by atoms with E-state index in [1.807, 2.05) is 6.08 Å². The van der Waals surface area contributed by atoms with E-state index in [2.05, 4.69) is 87.6 Å². The maximum atomic E-state index is 12.9. The van der Waals surface area contributed by atoms with Crippen LogP contribution in [0.15, 0.2) is 72.9 Å². The number of hydrogen-bond donors (Lipinski definition) is 0. The summed E-state index contributed by atoms with van der Waals surface area (Å²) >= 11 is 0. The Balaban J connectivity index is 4.15. The standard InChI is InChI=1S/C75H134O6/c1-4-7-10-13-16-19-22-24-26-28-30-31-32-33-34-35-36-37-38-39-40-41-42-43-45-46-48-50-53-56-59-62-65-68-74(77)80-71-72(70-79-73(76)67-64-61-58-55-52-21-18-15-12-9-6-3)81-75(78)69-66-63-60-57-54-51-49-47-44-29-27-25-23-20-17-14-11-8-5-2/h8,11,17,20,25,27,44,47,51,54,60,63,72H,4-7,9-10,12-16,18-19,21-24,26,28-43,45-46,48-50,52-53,55-59,61-62,64-71H2,1-3H3/b11-8-,20-17-,27-25-,47-44-,54-51-,63-60-. The van der Waals surface area contributed by atoms with Gasteiger partial charge in [-0.1, -0.05) is 363 Å². The molecule has 6 heteroatoms. The first-order valence-electron chi connectivity index (χ1n) is 35.4. The van der Waals surface area contributed by atoms with Crippen molar-refractivity contribution in [1.29, 1.82) is 0 Å². The second kappa shape index (κ2) is 69.3. The quantitative estimate of drug-likeness (QED) is 0.0261. The fourth-order valence-corrected chi connectivity index (χ4v) is 10.5. The number of rotatable bonds is 65. The average molecular weight is 1130 g/mol. The number of ether oxygens (including phenoxy) is 3. The number of hydrogen-bond acceptors (Lipinski definition) is 6. The van der Waals surface area contributed by atoms with Crippen LogP contribution in [0.1, 0.15) is 367 Å². The predicted molar refractivity (Wildman–Crippen MR) is 353 cm³/mol. The molecule has 0 saturated carbocycles. The van der Waals surface area contributed by atoms with Gasteiger partial charge in [0.2, 0.25) is 0 Å². The summed E-state index contributed by atoms with van der Waals surface area (Å²) in [6.45, 7) is 6.51. The molecule has 0 amide bonds. The van der Waals surface area contributed by atoms with Crippen LogP contribution in [-0.4, -0.2) is 37.2 Å². The molecule has 0 aromatic rings. The van der Waals surface area contributed by atoms with Crippen molar-refractivity contribution in [1.82, 2.24) is 0 Å². The summed E-state index contributed by atoms with van der Waals surface area (Å²) in [7, 11) is 0. The Kier molecular flexibility index (Phi) is 66.6. The first kappa shape index (κ1) is 77.9. The molecule has 0 aliphatic heterocycles. The highest BCUT2D eigenvalue weighted by molar-refractivity contribution is 5.71. The molecular formula is C75H134O6. The molecule has 0 rings (SSSR count). The van der Waals surface area contributed by atoms with Crippen LogP contribution >= 0.6 is 0 Å². The van der Waals surface area contributed by atoms with E-state index >= 15 is 0 Å². The Labute approximate surface area is 503 Å². The molecule has 470 valence electrons. The first-order valence-corrected chi connectivity index (χ1v) is 35.4. The first-order chi connectivity index (χ1) is 40.0. The minimum atomic E-state index is -0.814. The molecule has 0 aromatic carbocycles. The highest BCUT2D eigenvalue weighted by Crippen LogP contribution is 2.18. The SMILES string of the molecule is CC/C=C\C/C=C\C/C=C\C/C=C\C/C=C\C/C=C\CCC(=O)OC(COC(=O)CCCCCCCCCCCCC)COC(=O)CCCCCCCCCCCCCCCCCCCCCCCCCCCCCCCCCCC. The number of carbonyl (C=O) groups excluding carboxylic acids is 3.